The van der Waals surface area contributed by atoms with Gasteiger partial charge in [0.1, 0.15) is 0 Å². The molecular weight excluding hydrogens is 144 g/mol. The fourth-order valence-electron chi connectivity index (χ4n) is 0.582. The van der Waals surface area contributed by atoms with Crippen LogP contribution in [0, 0.1) is 0 Å². The lowest BCUT2D eigenvalue weighted by molar-refractivity contribution is -0.117. The van der Waals surface area contributed by atoms with Gasteiger partial charge in [-0.25, -0.2) is 0 Å². The van der Waals surface area contributed by atoms with E-state index >= 15 is 0 Å². The molecule has 3 N–H and O–H groups in total. The molecule has 0 heterocycles. The number of primary amides is 1. The molecule has 0 fully saturated rings. The van der Waals surface area contributed by atoms with E-state index in [2.05, 4.69) is 5.32 Å². The molecule has 0 saturated heterocycles. The molecule has 11 heavy (non-hydrogen) atoms. The zero-order valence-electron chi connectivity index (χ0n) is 6.68. The lowest BCUT2D eigenvalue weighted by Crippen LogP contribution is -2.27. The smallest absolute Gasteiger partial charge is 0.236 e. The standard InChI is InChI=1S/C7H12N2O2/c1-5(3-6(2)10)9-4-7(8)11/h3,9H,4H2,1-2H3,(H2,8,11)/b5-3+. The highest BCUT2D eigenvalue weighted by atomic mass is 16.1. The van der Waals surface area contributed by atoms with Gasteiger partial charge in [0, 0.05) is 5.70 Å². The Balaban J connectivity index is 3.77. The van der Waals surface area contributed by atoms with Crippen molar-refractivity contribution in [3.63, 3.8) is 0 Å². The Hall–Kier alpha value is -1.32. The second-order valence-electron chi connectivity index (χ2n) is 2.26. The van der Waals surface area contributed by atoms with Gasteiger partial charge in [0.2, 0.25) is 5.91 Å². The summed E-state index contributed by atoms with van der Waals surface area (Å²) in [6, 6.07) is 0. The Kier molecular flexibility index (Phi) is 3.95. The van der Waals surface area contributed by atoms with Gasteiger partial charge in [-0.1, -0.05) is 0 Å². The molecule has 62 valence electrons. The van der Waals surface area contributed by atoms with Crippen LogP contribution in [-0.2, 0) is 9.59 Å². The zero-order chi connectivity index (χ0) is 8.85. The summed E-state index contributed by atoms with van der Waals surface area (Å²) >= 11 is 0. The Morgan fingerprint density at radius 2 is 2.00 bits per heavy atom. The molecule has 0 aliphatic heterocycles. The van der Waals surface area contributed by atoms with E-state index in [-0.39, 0.29) is 12.3 Å². The summed E-state index contributed by atoms with van der Waals surface area (Å²) in [4.78, 5) is 20.7. The summed E-state index contributed by atoms with van der Waals surface area (Å²) in [7, 11) is 0. The number of carbonyl (C=O) groups is 2. The summed E-state index contributed by atoms with van der Waals surface area (Å²) in [5, 5.41) is 2.68. The van der Waals surface area contributed by atoms with Gasteiger partial charge in [0.15, 0.2) is 5.78 Å². The average Bonchev–Trinajstić information content (AvgIpc) is 1.82. The van der Waals surface area contributed by atoms with Crippen molar-refractivity contribution in [2.24, 2.45) is 5.73 Å². The van der Waals surface area contributed by atoms with Crippen LogP contribution < -0.4 is 11.1 Å². The van der Waals surface area contributed by atoms with Crippen LogP contribution in [0.5, 0.6) is 0 Å². The lowest BCUT2D eigenvalue weighted by atomic mass is 10.3. The zero-order valence-corrected chi connectivity index (χ0v) is 6.68. The molecule has 0 unspecified atom stereocenters. The third-order valence-corrected chi connectivity index (χ3v) is 0.961. The maximum Gasteiger partial charge on any atom is 0.236 e. The number of allylic oxidation sites excluding steroid dienone is 2. The van der Waals surface area contributed by atoms with E-state index in [1.54, 1.807) is 6.92 Å². The fraction of sp³-hybridized carbons (Fsp3) is 0.429. The number of ketones is 1. The van der Waals surface area contributed by atoms with Crippen molar-refractivity contribution in [3.8, 4) is 0 Å². The molecule has 0 aromatic carbocycles. The number of nitrogens with two attached hydrogens (primary N) is 1. The third kappa shape index (κ3) is 6.57. The van der Waals surface area contributed by atoms with E-state index in [4.69, 9.17) is 5.73 Å². The van der Waals surface area contributed by atoms with E-state index in [1.807, 2.05) is 0 Å². The summed E-state index contributed by atoms with van der Waals surface area (Å²) in [6.07, 6.45) is 1.41. The molecule has 0 saturated carbocycles. The molecule has 0 spiro atoms. The van der Waals surface area contributed by atoms with Crippen LogP contribution in [0.25, 0.3) is 0 Å². The van der Waals surface area contributed by atoms with Crippen molar-refractivity contribution < 1.29 is 9.59 Å². The van der Waals surface area contributed by atoms with E-state index in [0.717, 1.165) is 0 Å². The van der Waals surface area contributed by atoms with E-state index in [0.29, 0.717) is 5.70 Å². The molecule has 0 aliphatic carbocycles. The third-order valence-electron chi connectivity index (χ3n) is 0.961. The number of hydrogen-bond acceptors (Lipinski definition) is 3. The largest absolute Gasteiger partial charge is 0.380 e. The second-order valence-corrected chi connectivity index (χ2v) is 2.26. The van der Waals surface area contributed by atoms with Gasteiger partial charge in [-0.15, -0.1) is 0 Å². The van der Waals surface area contributed by atoms with Gasteiger partial charge in [-0.2, -0.15) is 0 Å². The second kappa shape index (κ2) is 4.49. The van der Waals surface area contributed by atoms with Crippen LogP contribution >= 0.6 is 0 Å². The van der Waals surface area contributed by atoms with E-state index < -0.39 is 5.91 Å². The molecule has 4 heteroatoms. The monoisotopic (exact) mass is 156 g/mol. The highest BCUT2D eigenvalue weighted by Crippen LogP contribution is 1.85. The maximum absolute atomic E-state index is 10.5. The SMILES string of the molecule is CC(=O)/C=C(\C)NCC(N)=O. The first-order valence-corrected chi connectivity index (χ1v) is 3.23. The first-order chi connectivity index (χ1) is 5.02. The minimum Gasteiger partial charge on any atom is -0.380 e. The molecule has 0 aliphatic rings. The summed E-state index contributed by atoms with van der Waals surface area (Å²) in [5.41, 5.74) is 5.51. The number of amides is 1. The van der Waals surface area contributed by atoms with Gasteiger partial charge in [-0.05, 0) is 19.9 Å². The molecule has 4 nitrogen and oxygen atoms in total. The van der Waals surface area contributed by atoms with Crippen LogP contribution in [0.4, 0.5) is 0 Å². The summed E-state index contributed by atoms with van der Waals surface area (Å²) < 4.78 is 0. The topological polar surface area (TPSA) is 72.2 Å². The number of rotatable bonds is 4. The summed E-state index contributed by atoms with van der Waals surface area (Å²) in [5.74, 6) is -0.499. The fourth-order valence-corrected chi connectivity index (χ4v) is 0.582. The van der Waals surface area contributed by atoms with Gasteiger partial charge in [-0.3, -0.25) is 9.59 Å². The van der Waals surface area contributed by atoms with Crippen LogP contribution in [0.2, 0.25) is 0 Å². The van der Waals surface area contributed by atoms with Crippen LogP contribution in [0.1, 0.15) is 13.8 Å². The number of hydrogen-bond donors (Lipinski definition) is 2. The quantitative estimate of drug-likeness (QED) is 0.542. The Morgan fingerprint density at radius 1 is 1.45 bits per heavy atom. The molecule has 0 aromatic rings. The van der Waals surface area contributed by atoms with Gasteiger partial charge in [0.25, 0.3) is 0 Å². The number of nitrogens with one attached hydrogen (secondary N) is 1. The average molecular weight is 156 g/mol. The first kappa shape index (κ1) is 9.68. The minimum absolute atomic E-state index is 0.0560. The Bertz CT molecular complexity index is 197. The van der Waals surface area contributed by atoms with Gasteiger partial charge in [0.05, 0.1) is 6.54 Å². The lowest BCUT2D eigenvalue weighted by Gasteiger charge is -2.01. The van der Waals surface area contributed by atoms with Gasteiger partial charge < -0.3 is 11.1 Å². The van der Waals surface area contributed by atoms with Crippen LogP contribution in [0.15, 0.2) is 11.8 Å². The highest BCUT2D eigenvalue weighted by molar-refractivity contribution is 5.87. The molecular formula is C7H12N2O2. The molecule has 0 aromatic heterocycles. The molecule has 0 radical (unpaired) electrons. The Labute approximate surface area is 65.5 Å². The minimum atomic E-state index is -0.443. The van der Waals surface area contributed by atoms with E-state index in [1.165, 1.54) is 13.0 Å². The van der Waals surface area contributed by atoms with Crippen molar-refractivity contribution in [2.45, 2.75) is 13.8 Å². The number of carbonyl (C=O) groups excluding carboxylic acids is 2. The van der Waals surface area contributed by atoms with Crippen molar-refractivity contribution in [1.29, 1.82) is 0 Å². The molecule has 0 rings (SSSR count). The van der Waals surface area contributed by atoms with Crippen molar-refractivity contribution >= 4 is 11.7 Å². The normalized spacial score (nSPS) is 10.9. The summed E-state index contributed by atoms with van der Waals surface area (Å²) in [6.45, 7) is 3.20. The predicted molar refractivity (Wildman–Crippen MR) is 41.6 cm³/mol. The van der Waals surface area contributed by atoms with Crippen LogP contribution in [-0.4, -0.2) is 18.2 Å². The Morgan fingerprint density at radius 3 is 2.36 bits per heavy atom. The van der Waals surface area contributed by atoms with Crippen molar-refractivity contribution in [3.05, 3.63) is 11.8 Å². The van der Waals surface area contributed by atoms with Crippen molar-refractivity contribution in [2.75, 3.05) is 6.54 Å². The first-order valence-electron chi connectivity index (χ1n) is 3.23. The highest BCUT2D eigenvalue weighted by Gasteiger charge is 1.93. The maximum atomic E-state index is 10.5. The molecule has 0 bridgehead atoms. The van der Waals surface area contributed by atoms with E-state index in [9.17, 15) is 9.59 Å². The van der Waals surface area contributed by atoms with Crippen LogP contribution in [0.3, 0.4) is 0 Å². The predicted octanol–water partition coefficient (Wildman–Crippen LogP) is -0.446. The molecule has 0 atom stereocenters. The van der Waals surface area contributed by atoms with Crippen molar-refractivity contribution in [1.82, 2.24) is 5.32 Å². The molecule has 1 amide bonds. The van der Waals surface area contributed by atoms with Gasteiger partial charge >= 0.3 is 0 Å².